The molecule has 1 aliphatic rings. The molecule has 1 aromatic carbocycles. The first-order chi connectivity index (χ1) is 8.99. The summed E-state index contributed by atoms with van der Waals surface area (Å²) in [4.78, 5) is 22.8. The summed E-state index contributed by atoms with van der Waals surface area (Å²) in [5.41, 5.74) is 1.62. The zero-order valence-electron chi connectivity index (χ0n) is 10.4. The number of hydrogen-bond donors (Lipinski definition) is 2. The van der Waals surface area contributed by atoms with E-state index in [2.05, 4.69) is 21.2 Å². The molecule has 1 aliphatic heterocycles. The first kappa shape index (κ1) is 14.0. The van der Waals surface area contributed by atoms with Crippen LogP contribution in [0.5, 0.6) is 0 Å². The van der Waals surface area contributed by atoms with E-state index < -0.39 is 18.2 Å². The van der Waals surface area contributed by atoms with Crippen LogP contribution in [-0.4, -0.2) is 29.2 Å². The summed E-state index contributed by atoms with van der Waals surface area (Å²) in [5, 5.41) is 11.6. The second kappa shape index (κ2) is 5.71. The third kappa shape index (κ3) is 3.13. The molecular weight excluding hydrogens is 314 g/mol. The van der Waals surface area contributed by atoms with Crippen molar-refractivity contribution in [2.75, 3.05) is 5.32 Å². The lowest BCUT2D eigenvalue weighted by Crippen LogP contribution is -2.30. The highest BCUT2D eigenvalue weighted by atomic mass is 79.9. The Balaban J connectivity index is 2.02. The monoisotopic (exact) mass is 327 g/mol. The van der Waals surface area contributed by atoms with Gasteiger partial charge in [0.05, 0.1) is 0 Å². The van der Waals surface area contributed by atoms with E-state index in [-0.39, 0.29) is 5.91 Å². The Kier molecular flexibility index (Phi) is 4.21. The van der Waals surface area contributed by atoms with E-state index in [1.807, 2.05) is 19.1 Å². The van der Waals surface area contributed by atoms with Crippen molar-refractivity contribution in [3.63, 3.8) is 0 Å². The SMILES string of the molecule is Cc1c(Br)cccc1NC(=O)C1CCC(C(=O)O)O1. The van der Waals surface area contributed by atoms with Gasteiger partial charge in [-0.05, 0) is 37.5 Å². The van der Waals surface area contributed by atoms with E-state index >= 15 is 0 Å². The Bertz CT molecular complexity index is 517. The zero-order valence-corrected chi connectivity index (χ0v) is 11.9. The average Bonchev–Trinajstić information content (AvgIpc) is 2.84. The molecule has 1 amide bonds. The molecule has 0 saturated carbocycles. The summed E-state index contributed by atoms with van der Waals surface area (Å²) in [6, 6.07) is 5.50. The van der Waals surface area contributed by atoms with Gasteiger partial charge in [0.15, 0.2) is 6.10 Å². The summed E-state index contributed by atoms with van der Waals surface area (Å²) in [6.45, 7) is 1.88. The summed E-state index contributed by atoms with van der Waals surface area (Å²) < 4.78 is 6.11. The van der Waals surface area contributed by atoms with Crippen LogP contribution in [0.3, 0.4) is 0 Å². The van der Waals surface area contributed by atoms with Gasteiger partial charge in [-0.2, -0.15) is 0 Å². The normalized spacial score (nSPS) is 22.2. The number of nitrogens with one attached hydrogen (secondary N) is 1. The van der Waals surface area contributed by atoms with Crippen molar-refractivity contribution in [2.24, 2.45) is 0 Å². The molecule has 2 N–H and O–H groups in total. The van der Waals surface area contributed by atoms with Crippen LogP contribution in [-0.2, 0) is 14.3 Å². The molecule has 5 nitrogen and oxygen atoms in total. The van der Waals surface area contributed by atoms with Crippen LogP contribution in [0.4, 0.5) is 5.69 Å². The van der Waals surface area contributed by atoms with Gasteiger partial charge in [0, 0.05) is 10.2 Å². The highest BCUT2D eigenvalue weighted by Crippen LogP contribution is 2.25. The maximum absolute atomic E-state index is 12.0. The van der Waals surface area contributed by atoms with E-state index in [0.717, 1.165) is 10.0 Å². The highest BCUT2D eigenvalue weighted by Gasteiger charge is 2.34. The zero-order chi connectivity index (χ0) is 14.0. The summed E-state index contributed by atoms with van der Waals surface area (Å²) >= 11 is 3.39. The van der Waals surface area contributed by atoms with Crippen molar-refractivity contribution in [3.05, 3.63) is 28.2 Å². The van der Waals surface area contributed by atoms with Gasteiger partial charge in [-0.1, -0.05) is 22.0 Å². The molecule has 0 spiro atoms. The Labute approximate surface area is 119 Å². The van der Waals surface area contributed by atoms with Gasteiger partial charge in [0.25, 0.3) is 5.91 Å². The molecule has 19 heavy (non-hydrogen) atoms. The third-order valence-electron chi connectivity index (χ3n) is 3.11. The number of hydrogen-bond acceptors (Lipinski definition) is 3. The first-order valence-electron chi connectivity index (χ1n) is 5.93. The second-order valence-corrected chi connectivity index (χ2v) is 5.28. The molecular formula is C13H14BrNO4. The fourth-order valence-electron chi connectivity index (χ4n) is 1.97. The number of carboxylic acid groups (broad SMARTS) is 1. The number of rotatable bonds is 3. The molecule has 2 unspecified atom stereocenters. The summed E-state index contributed by atoms with van der Waals surface area (Å²) in [6.07, 6.45) is -0.778. The van der Waals surface area contributed by atoms with Gasteiger partial charge in [0.1, 0.15) is 6.10 Å². The lowest BCUT2D eigenvalue weighted by molar-refractivity contribution is -0.150. The number of carbonyl (C=O) groups excluding carboxylic acids is 1. The van der Waals surface area contributed by atoms with Crippen molar-refractivity contribution in [3.8, 4) is 0 Å². The Morgan fingerprint density at radius 1 is 1.37 bits per heavy atom. The number of aliphatic carboxylic acids is 1. The minimum atomic E-state index is -1.02. The van der Waals surface area contributed by atoms with Crippen LogP contribution in [0.2, 0.25) is 0 Å². The molecule has 0 radical (unpaired) electrons. The predicted molar refractivity (Wildman–Crippen MR) is 73.0 cm³/mol. The van der Waals surface area contributed by atoms with Gasteiger partial charge in [-0.25, -0.2) is 4.79 Å². The molecule has 2 rings (SSSR count). The number of anilines is 1. The van der Waals surface area contributed by atoms with Crippen molar-refractivity contribution in [2.45, 2.75) is 32.0 Å². The smallest absolute Gasteiger partial charge is 0.332 e. The van der Waals surface area contributed by atoms with Crippen molar-refractivity contribution in [1.29, 1.82) is 0 Å². The largest absolute Gasteiger partial charge is 0.479 e. The number of carboxylic acids is 1. The van der Waals surface area contributed by atoms with Crippen LogP contribution in [0, 0.1) is 6.92 Å². The van der Waals surface area contributed by atoms with Gasteiger partial charge in [-0.15, -0.1) is 0 Å². The fourth-order valence-corrected chi connectivity index (χ4v) is 2.33. The molecule has 1 saturated heterocycles. The van der Waals surface area contributed by atoms with Gasteiger partial charge in [0.2, 0.25) is 0 Å². The van der Waals surface area contributed by atoms with Gasteiger partial charge in [-0.3, -0.25) is 4.79 Å². The summed E-state index contributed by atoms with van der Waals surface area (Å²) in [5.74, 6) is -1.32. The van der Waals surface area contributed by atoms with E-state index in [1.165, 1.54) is 0 Å². The Hall–Kier alpha value is -1.40. The van der Waals surface area contributed by atoms with E-state index in [9.17, 15) is 9.59 Å². The quantitative estimate of drug-likeness (QED) is 0.893. The molecule has 0 bridgehead atoms. The number of carbonyl (C=O) groups is 2. The third-order valence-corrected chi connectivity index (χ3v) is 3.97. The topological polar surface area (TPSA) is 75.6 Å². The molecule has 102 valence electrons. The van der Waals surface area contributed by atoms with Crippen molar-refractivity contribution in [1.82, 2.24) is 0 Å². The van der Waals surface area contributed by atoms with Crippen LogP contribution in [0.15, 0.2) is 22.7 Å². The minimum absolute atomic E-state index is 0.301. The fraction of sp³-hybridized carbons (Fsp3) is 0.385. The van der Waals surface area contributed by atoms with Crippen LogP contribution in [0.1, 0.15) is 18.4 Å². The summed E-state index contributed by atoms with van der Waals surface area (Å²) in [7, 11) is 0. The standard InChI is InChI=1S/C13H14BrNO4/c1-7-8(14)3-2-4-9(7)15-12(16)10-5-6-11(19-10)13(17)18/h2-4,10-11H,5-6H2,1H3,(H,15,16)(H,17,18). The van der Waals surface area contributed by atoms with E-state index in [1.54, 1.807) is 6.07 Å². The van der Waals surface area contributed by atoms with Crippen molar-refractivity contribution >= 4 is 33.5 Å². The van der Waals surface area contributed by atoms with Crippen LogP contribution in [0.25, 0.3) is 0 Å². The van der Waals surface area contributed by atoms with Gasteiger partial charge < -0.3 is 15.2 Å². The average molecular weight is 328 g/mol. The molecule has 1 heterocycles. The molecule has 2 atom stereocenters. The van der Waals surface area contributed by atoms with Crippen LogP contribution < -0.4 is 5.32 Å². The maximum atomic E-state index is 12.0. The van der Waals surface area contributed by atoms with Gasteiger partial charge >= 0.3 is 5.97 Å². The Morgan fingerprint density at radius 2 is 2.05 bits per heavy atom. The molecule has 1 aromatic rings. The highest BCUT2D eigenvalue weighted by molar-refractivity contribution is 9.10. The number of halogens is 1. The first-order valence-corrected chi connectivity index (χ1v) is 6.72. The number of amides is 1. The van der Waals surface area contributed by atoms with Crippen molar-refractivity contribution < 1.29 is 19.4 Å². The minimum Gasteiger partial charge on any atom is -0.479 e. The van der Waals surface area contributed by atoms with Crippen LogP contribution >= 0.6 is 15.9 Å². The van der Waals surface area contributed by atoms with E-state index in [4.69, 9.17) is 9.84 Å². The molecule has 1 fully saturated rings. The second-order valence-electron chi connectivity index (χ2n) is 4.43. The van der Waals surface area contributed by atoms with E-state index in [0.29, 0.717) is 18.5 Å². The number of ether oxygens (including phenoxy) is 1. The lowest BCUT2D eigenvalue weighted by atomic mass is 10.1. The Morgan fingerprint density at radius 3 is 2.68 bits per heavy atom. The predicted octanol–water partition coefficient (Wildman–Crippen LogP) is 2.33. The molecule has 6 heteroatoms. The maximum Gasteiger partial charge on any atom is 0.332 e. The number of benzene rings is 1. The molecule has 0 aliphatic carbocycles. The lowest BCUT2D eigenvalue weighted by Gasteiger charge is -2.14. The molecule has 0 aromatic heterocycles.